The van der Waals surface area contributed by atoms with Gasteiger partial charge in [0.25, 0.3) is 0 Å². The molecule has 0 bridgehead atoms. The SMILES string of the molecule is CS(=O)(=O)[C@@H](CO)[C@@H](O)c1ccc(N)cc1. The predicted octanol–water partition coefficient (Wildman–Crippen LogP) is -0.292. The third kappa shape index (κ3) is 2.94. The molecule has 0 fully saturated rings. The van der Waals surface area contributed by atoms with E-state index in [-0.39, 0.29) is 0 Å². The number of hydrogen-bond donors (Lipinski definition) is 3. The van der Waals surface area contributed by atoms with Crippen LogP contribution in [0.5, 0.6) is 0 Å². The largest absolute Gasteiger partial charge is 0.399 e. The molecule has 0 aliphatic rings. The molecule has 0 saturated heterocycles. The molecule has 1 aromatic carbocycles. The van der Waals surface area contributed by atoms with Gasteiger partial charge in [0.05, 0.1) is 12.7 Å². The average Bonchev–Trinajstić information content (AvgIpc) is 2.17. The Labute approximate surface area is 94.4 Å². The number of hydrogen-bond acceptors (Lipinski definition) is 5. The van der Waals surface area contributed by atoms with E-state index in [0.29, 0.717) is 11.3 Å². The van der Waals surface area contributed by atoms with Gasteiger partial charge in [0.2, 0.25) is 0 Å². The van der Waals surface area contributed by atoms with Crippen molar-refractivity contribution in [1.82, 2.24) is 0 Å². The molecule has 0 heterocycles. The van der Waals surface area contributed by atoms with E-state index in [1.54, 1.807) is 12.1 Å². The summed E-state index contributed by atoms with van der Waals surface area (Å²) in [6, 6.07) is 6.20. The van der Waals surface area contributed by atoms with Gasteiger partial charge in [-0.3, -0.25) is 0 Å². The van der Waals surface area contributed by atoms with Gasteiger partial charge in [0.15, 0.2) is 9.84 Å². The zero-order valence-electron chi connectivity index (χ0n) is 8.87. The molecule has 0 aliphatic heterocycles. The van der Waals surface area contributed by atoms with E-state index in [4.69, 9.17) is 10.8 Å². The highest BCUT2D eigenvalue weighted by Crippen LogP contribution is 2.22. The molecular weight excluding hydrogens is 230 g/mol. The summed E-state index contributed by atoms with van der Waals surface area (Å²) < 4.78 is 22.6. The van der Waals surface area contributed by atoms with Crippen molar-refractivity contribution < 1.29 is 18.6 Å². The lowest BCUT2D eigenvalue weighted by Crippen LogP contribution is -2.31. The van der Waals surface area contributed by atoms with Crippen LogP contribution in [0.15, 0.2) is 24.3 Å². The topological polar surface area (TPSA) is 101 Å². The van der Waals surface area contributed by atoms with Crippen LogP contribution in [0.2, 0.25) is 0 Å². The van der Waals surface area contributed by atoms with Crippen molar-refractivity contribution >= 4 is 15.5 Å². The fraction of sp³-hybridized carbons (Fsp3) is 0.400. The number of anilines is 1. The summed E-state index contributed by atoms with van der Waals surface area (Å²) in [5.74, 6) is 0. The molecule has 0 amide bonds. The lowest BCUT2D eigenvalue weighted by Gasteiger charge is -2.19. The molecule has 90 valence electrons. The average molecular weight is 245 g/mol. The number of rotatable bonds is 4. The molecule has 1 rings (SSSR count). The van der Waals surface area contributed by atoms with Crippen LogP contribution in [-0.4, -0.2) is 36.7 Å². The monoisotopic (exact) mass is 245 g/mol. The van der Waals surface area contributed by atoms with E-state index in [9.17, 15) is 13.5 Å². The van der Waals surface area contributed by atoms with Crippen LogP contribution in [0.4, 0.5) is 5.69 Å². The zero-order valence-corrected chi connectivity index (χ0v) is 9.68. The molecule has 16 heavy (non-hydrogen) atoms. The molecule has 2 atom stereocenters. The van der Waals surface area contributed by atoms with E-state index < -0.39 is 27.8 Å². The van der Waals surface area contributed by atoms with Crippen LogP contribution >= 0.6 is 0 Å². The van der Waals surface area contributed by atoms with E-state index in [2.05, 4.69) is 0 Å². The summed E-state index contributed by atoms with van der Waals surface area (Å²) >= 11 is 0. The second-order valence-electron chi connectivity index (χ2n) is 3.66. The Hall–Kier alpha value is -1.11. The van der Waals surface area contributed by atoms with Gasteiger partial charge in [-0.15, -0.1) is 0 Å². The zero-order chi connectivity index (χ0) is 12.3. The first-order chi connectivity index (χ1) is 7.36. The summed E-state index contributed by atoms with van der Waals surface area (Å²) in [5, 5.41) is 17.6. The third-order valence-electron chi connectivity index (χ3n) is 2.36. The first-order valence-corrected chi connectivity index (χ1v) is 6.65. The van der Waals surface area contributed by atoms with Gasteiger partial charge in [-0.05, 0) is 17.7 Å². The van der Waals surface area contributed by atoms with Gasteiger partial charge in [-0.25, -0.2) is 8.42 Å². The van der Waals surface area contributed by atoms with Crippen LogP contribution in [0, 0.1) is 0 Å². The molecule has 4 N–H and O–H groups in total. The van der Waals surface area contributed by atoms with Crippen molar-refractivity contribution in [3.8, 4) is 0 Å². The Morgan fingerprint density at radius 1 is 1.31 bits per heavy atom. The Bertz CT molecular complexity index is 440. The second kappa shape index (κ2) is 4.82. The number of aliphatic hydroxyl groups excluding tert-OH is 2. The van der Waals surface area contributed by atoms with Gasteiger partial charge in [0, 0.05) is 11.9 Å². The van der Waals surface area contributed by atoms with E-state index in [1.165, 1.54) is 12.1 Å². The summed E-state index contributed by atoms with van der Waals surface area (Å²) in [7, 11) is -3.50. The maximum atomic E-state index is 11.3. The third-order valence-corrected chi connectivity index (χ3v) is 3.87. The van der Waals surface area contributed by atoms with Crippen molar-refractivity contribution in [2.75, 3.05) is 18.6 Å². The minimum absolute atomic E-state index is 0.415. The number of nitrogens with two attached hydrogens (primary N) is 1. The number of sulfone groups is 1. The second-order valence-corrected chi connectivity index (χ2v) is 5.93. The van der Waals surface area contributed by atoms with Gasteiger partial charge >= 0.3 is 0 Å². The van der Waals surface area contributed by atoms with Gasteiger partial charge < -0.3 is 15.9 Å². The molecule has 0 spiro atoms. The minimum Gasteiger partial charge on any atom is -0.399 e. The van der Waals surface area contributed by atoms with Crippen molar-refractivity contribution in [1.29, 1.82) is 0 Å². The summed E-state index contributed by atoms with van der Waals surface area (Å²) in [6.07, 6.45) is -0.269. The molecule has 0 radical (unpaired) electrons. The molecule has 6 heteroatoms. The highest BCUT2D eigenvalue weighted by molar-refractivity contribution is 7.91. The quantitative estimate of drug-likeness (QED) is 0.633. The van der Waals surface area contributed by atoms with Crippen molar-refractivity contribution in [3.05, 3.63) is 29.8 Å². The Kier molecular flexibility index (Phi) is 3.90. The number of benzene rings is 1. The Balaban J connectivity index is 3.00. The van der Waals surface area contributed by atoms with Crippen LogP contribution in [0.3, 0.4) is 0 Å². The molecular formula is C10H15NO4S. The summed E-state index contributed by atoms with van der Waals surface area (Å²) in [4.78, 5) is 0. The maximum Gasteiger partial charge on any atom is 0.155 e. The van der Waals surface area contributed by atoms with E-state index >= 15 is 0 Å². The van der Waals surface area contributed by atoms with Crippen LogP contribution in [0.25, 0.3) is 0 Å². The molecule has 1 aromatic rings. The first kappa shape index (κ1) is 13.0. The van der Waals surface area contributed by atoms with Crippen LogP contribution < -0.4 is 5.73 Å². The minimum atomic E-state index is -3.50. The van der Waals surface area contributed by atoms with Gasteiger partial charge in [-0.2, -0.15) is 0 Å². The molecule has 5 nitrogen and oxygen atoms in total. The first-order valence-electron chi connectivity index (χ1n) is 4.69. The molecule has 0 saturated carbocycles. The van der Waals surface area contributed by atoms with Crippen molar-refractivity contribution in [2.45, 2.75) is 11.4 Å². The van der Waals surface area contributed by atoms with Crippen LogP contribution in [-0.2, 0) is 9.84 Å². The molecule has 0 aromatic heterocycles. The molecule has 0 aliphatic carbocycles. The van der Waals surface area contributed by atoms with E-state index in [1.807, 2.05) is 0 Å². The predicted molar refractivity (Wildman–Crippen MR) is 61.5 cm³/mol. The highest BCUT2D eigenvalue weighted by atomic mass is 32.2. The van der Waals surface area contributed by atoms with Gasteiger partial charge in [0.1, 0.15) is 5.25 Å². The summed E-state index contributed by atoms with van der Waals surface area (Å²) in [6.45, 7) is -0.621. The molecule has 0 unspecified atom stereocenters. The number of nitrogen functional groups attached to an aromatic ring is 1. The lowest BCUT2D eigenvalue weighted by molar-refractivity contribution is 0.138. The van der Waals surface area contributed by atoms with E-state index in [0.717, 1.165) is 6.26 Å². The Morgan fingerprint density at radius 2 is 1.81 bits per heavy atom. The highest BCUT2D eigenvalue weighted by Gasteiger charge is 2.29. The van der Waals surface area contributed by atoms with Gasteiger partial charge in [-0.1, -0.05) is 12.1 Å². The smallest absolute Gasteiger partial charge is 0.155 e. The standard InChI is InChI=1S/C10H15NO4S/c1-16(14,15)9(6-12)10(13)7-2-4-8(11)5-3-7/h2-5,9-10,12-13H,6,11H2,1H3/t9-,10-/m0/s1. The summed E-state index contributed by atoms with van der Waals surface area (Å²) in [5.41, 5.74) is 6.41. The van der Waals surface area contributed by atoms with Crippen molar-refractivity contribution in [2.24, 2.45) is 0 Å². The van der Waals surface area contributed by atoms with Crippen molar-refractivity contribution in [3.63, 3.8) is 0 Å². The lowest BCUT2D eigenvalue weighted by atomic mass is 10.1. The normalized spacial score (nSPS) is 15.7. The fourth-order valence-electron chi connectivity index (χ4n) is 1.38. The fourth-order valence-corrected chi connectivity index (χ4v) is 2.27. The van der Waals surface area contributed by atoms with Crippen LogP contribution in [0.1, 0.15) is 11.7 Å². The maximum absolute atomic E-state index is 11.3. The Morgan fingerprint density at radius 3 is 2.19 bits per heavy atom. The number of aliphatic hydroxyl groups is 2.